The number of aromatic nitrogens is 1. The minimum atomic E-state index is -0.112. The van der Waals surface area contributed by atoms with Gasteiger partial charge in [-0.15, -0.1) is 0 Å². The van der Waals surface area contributed by atoms with Crippen LogP contribution >= 0.6 is 0 Å². The zero-order valence-electron chi connectivity index (χ0n) is 12.7. The standard InChI is InChI=1S/C16H23N3O3/c20-16(18-13-4-1-7-17-10-13)19(11-14-5-2-8-21-14)12-15-6-3-9-22-15/h1,4,7,10,14-15H,2-3,5-6,8-9,11-12H2,(H,18,20). The lowest BCUT2D eigenvalue weighted by molar-refractivity contribution is 0.0524. The van der Waals surface area contributed by atoms with Gasteiger partial charge in [-0.3, -0.25) is 4.98 Å². The zero-order chi connectivity index (χ0) is 15.2. The van der Waals surface area contributed by atoms with Gasteiger partial charge in [0, 0.05) is 32.5 Å². The van der Waals surface area contributed by atoms with Gasteiger partial charge < -0.3 is 19.7 Å². The van der Waals surface area contributed by atoms with Crippen molar-refractivity contribution in [3.63, 3.8) is 0 Å². The fraction of sp³-hybridized carbons (Fsp3) is 0.625. The molecule has 0 bridgehead atoms. The van der Waals surface area contributed by atoms with Crippen molar-refractivity contribution in [3.8, 4) is 0 Å². The van der Waals surface area contributed by atoms with Crippen LogP contribution in [-0.2, 0) is 9.47 Å². The highest BCUT2D eigenvalue weighted by atomic mass is 16.5. The first kappa shape index (κ1) is 15.2. The van der Waals surface area contributed by atoms with E-state index >= 15 is 0 Å². The van der Waals surface area contributed by atoms with E-state index in [1.807, 2.05) is 11.0 Å². The molecule has 0 aliphatic carbocycles. The lowest BCUT2D eigenvalue weighted by Crippen LogP contribution is -2.44. The molecule has 120 valence electrons. The molecular formula is C16H23N3O3. The van der Waals surface area contributed by atoms with Crippen molar-refractivity contribution in [1.29, 1.82) is 0 Å². The Kier molecular flexibility index (Phi) is 5.24. The number of ether oxygens (including phenoxy) is 2. The van der Waals surface area contributed by atoms with E-state index in [9.17, 15) is 4.79 Å². The first-order valence-corrected chi connectivity index (χ1v) is 8.00. The van der Waals surface area contributed by atoms with Crippen LogP contribution in [0.3, 0.4) is 0 Å². The molecule has 3 rings (SSSR count). The SMILES string of the molecule is O=C(Nc1cccnc1)N(CC1CCCO1)CC1CCCO1. The predicted octanol–water partition coefficient (Wildman–Crippen LogP) is 2.27. The van der Waals surface area contributed by atoms with Crippen molar-refractivity contribution in [1.82, 2.24) is 9.88 Å². The van der Waals surface area contributed by atoms with E-state index in [0.717, 1.165) is 38.9 Å². The van der Waals surface area contributed by atoms with Crippen LogP contribution in [0.5, 0.6) is 0 Å². The predicted molar refractivity (Wildman–Crippen MR) is 82.8 cm³/mol. The van der Waals surface area contributed by atoms with Gasteiger partial charge in [0.05, 0.1) is 24.1 Å². The molecule has 0 saturated carbocycles. The van der Waals surface area contributed by atoms with Gasteiger partial charge in [0.15, 0.2) is 0 Å². The summed E-state index contributed by atoms with van der Waals surface area (Å²) in [5, 5.41) is 2.90. The van der Waals surface area contributed by atoms with E-state index in [0.29, 0.717) is 18.8 Å². The summed E-state index contributed by atoms with van der Waals surface area (Å²) in [6.07, 6.45) is 7.79. The molecule has 2 aliphatic rings. The number of nitrogens with one attached hydrogen (secondary N) is 1. The third-order valence-electron chi connectivity index (χ3n) is 4.10. The molecule has 2 aliphatic heterocycles. The Morgan fingerprint density at radius 3 is 2.41 bits per heavy atom. The highest BCUT2D eigenvalue weighted by Gasteiger charge is 2.26. The molecule has 0 radical (unpaired) electrons. The molecule has 3 heterocycles. The fourth-order valence-electron chi connectivity index (χ4n) is 2.95. The van der Waals surface area contributed by atoms with Crippen LogP contribution in [0, 0.1) is 0 Å². The summed E-state index contributed by atoms with van der Waals surface area (Å²) in [6, 6.07) is 3.53. The molecule has 1 N–H and O–H groups in total. The van der Waals surface area contributed by atoms with Gasteiger partial charge in [-0.2, -0.15) is 0 Å². The number of anilines is 1. The summed E-state index contributed by atoms with van der Waals surface area (Å²) in [6.45, 7) is 2.82. The van der Waals surface area contributed by atoms with E-state index in [-0.39, 0.29) is 18.2 Å². The summed E-state index contributed by atoms with van der Waals surface area (Å²) in [5.41, 5.74) is 0.706. The molecule has 1 aromatic rings. The van der Waals surface area contributed by atoms with E-state index in [4.69, 9.17) is 9.47 Å². The second kappa shape index (κ2) is 7.56. The summed E-state index contributed by atoms with van der Waals surface area (Å²) in [5.74, 6) is 0. The lowest BCUT2D eigenvalue weighted by Gasteiger charge is -2.27. The molecule has 2 saturated heterocycles. The van der Waals surface area contributed by atoms with Gasteiger partial charge in [-0.25, -0.2) is 4.79 Å². The van der Waals surface area contributed by atoms with Crippen molar-refractivity contribution in [2.75, 3.05) is 31.6 Å². The number of carbonyl (C=O) groups excluding carboxylic acids is 1. The molecule has 1 aromatic heterocycles. The third-order valence-corrected chi connectivity index (χ3v) is 4.10. The number of hydrogen-bond donors (Lipinski definition) is 1. The summed E-state index contributed by atoms with van der Waals surface area (Å²) >= 11 is 0. The number of amides is 2. The topological polar surface area (TPSA) is 63.7 Å². The molecule has 2 amide bonds. The molecule has 0 spiro atoms. The number of rotatable bonds is 5. The van der Waals surface area contributed by atoms with Gasteiger partial charge in [-0.05, 0) is 37.8 Å². The van der Waals surface area contributed by atoms with Gasteiger partial charge in [0.25, 0.3) is 0 Å². The largest absolute Gasteiger partial charge is 0.376 e. The summed E-state index contributed by atoms with van der Waals surface area (Å²) in [4.78, 5) is 18.4. The van der Waals surface area contributed by atoms with E-state index < -0.39 is 0 Å². The van der Waals surface area contributed by atoms with Gasteiger partial charge in [0.2, 0.25) is 0 Å². The average molecular weight is 305 g/mol. The van der Waals surface area contributed by atoms with Crippen molar-refractivity contribution >= 4 is 11.7 Å². The second-order valence-corrected chi connectivity index (χ2v) is 5.85. The van der Waals surface area contributed by atoms with Crippen molar-refractivity contribution in [2.24, 2.45) is 0 Å². The van der Waals surface area contributed by atoms with E-state index in [1.54, 1.807) is 18.5 Å². The average Bonchev–Trinajstić information content (AvgIpc) is 3.21. The van der Waals surface area contributed by atoms with Crippen molar-refractivity contribution in [3.05, 3.63) is 24.5 Å². The quantitative estimate of drug-likeness (QED) is 0.906. The molecule has 6 heteroatoms. The summed E-state index contributed by atoms with van der Waals surface area (Å²) in [7, 11) is 0. The van der Waals surface area contributed by atoms with E-state index in [1.165, 1.54) is 0 Å². The molecule has 6 nitrogen and oxygen atoms in total. The van der Waals surface area contributed by atoms with Gasteiger partial charge in [0.1, 0.15) is 0 Å². The van der Waals surface area contributed by atoms with Gasteiger partial charge >= 0.3 is 6.03 Å². The fourth-order valence-corrected chi connectivity index (χ4v) is 2.95. The molecule has 2 unspecified atom stereocenters. The number of pyridine rings is 1. The molecule has 0 aromatic carbocycles. The van der Waals surface area contributed by atoms with Crippen LogP contribution in [0.2, 0.25) is 0 Å². The molecule has 2 fully saturated rings. The first-order chi connectivity index (χ1) is 10.8. The molecule has 2 atom stereocenters. The highest BCUT2D eigenvalue weighted by Crippen LogP contribution is 2.18. The summed E-state index contributed by atoms with van der Waals surface area (Å²) < 4.78 is 11.3. The number of carbonyl (C=O) groups is 1. The number of nitrogens with zero attached hydrogens (tertiary/aromatic N) is 2. The molecular weight excluding hydrogens is 282 g/mol. The smallest absolute Gasteiger partial charge is 0.322 e. The Morgan fingerprint density at radius 2 is 1.91 bits per heavy atom. The monoisotopic (exact) mass is 305 g/mol. The van der Waals surface area contributed by atoms with E-state index in [2.05, 4.69) is 10.3 Å². The first-order valence-electron chi connectivity index (χ1n) is 8.00. The van der Waals surface area contributed by atoms with Crippen LogP contribution in [0.15, 0.2) is 24.5 Å². The number of hydrogen-bond acceptors (Lipinski definition) is 4. The van der Waals surface area contributed by atoms with Crippen LogP contribution in [0.1, 0.15) is 25.7 Å². The van der Waals surface area contributed by atoms with Crippen molar-refractivity contribution in [2.45, 2.75) is 37.9 Å². The van der Waals surface area contributed by atoms with Gasteiger partial charge in [-0.1, -0.05) is 0 Å². The second-order valence-electron chi connectivity index (χ2n) is 5.85. The Balaban J connectivity index is 1.61. The third kappa shape index (κ3) is 4.18. The number of urea groups is 1. The Hall–Kier alpha value is -1.66. The van der Waals surface area contributed by atoms with Crippen LogP contribution in [0.4, 0.5) is 10.5 Å². The maximum atomic E-state index is 12.6. The maximum absolute atomic E-state index is 12.6. The Bertz CT molecular complexity index is 453. The highest BCUT2D eigenvalue weighted by molar-refractivity contribution is 5.89. The Labute approximate surface area is 130 Å². The minimum Gasteiger partial charge on any atom is -0.376 e. The molecule has 22 heavy (non-hydrogen) atoms. The van der Waals surface area contributed by atoms with Crippen LogP contribution < -0.4 is 5.32 Å². The minimum absolute atomic E-state index is 0.112. The van der Waals surface area contributed by atoms with Crippen LogP contribution in [-0.4, -0.2) is 54.4 Å². The normalized spacial score (nSPS) is 24.4. The maximum Gasteiger partial charge on any atom is 0.322 e. The van der Waals surface area contributed by atoms with Crippen molar-refractivity contribution < 1.29 is 14.3 Å². The zero-order valence-corrected chi connectivity index (χ0v) is 12.7. The lowest BCUT2D eigenvalue weighted by atomic mass is 10.2. The Morgan fingerprint density at radius 1 is 1.23 bits per heavy atom. The van der Waals surface area contributed by atoms with Crippen LogP contribution in [0.25, 0.3) is 0 Å².